The molecule has 0 spiro atoms. The summed E-state index contributed by atoms with van der Waals surface area (Å²) in [5, 5.41) is 24.6. The van der Waals surface area contributed by atoms with Crippen LogP contribution in [-0.2, 0) is 0 Å². The van der Waals surface area contributed by atoms with Crippen molar-refractivity contribution in [3.8, 4) is 39.5 Å². The number of anilines is 1. The number of aromatic nitrogens is 3. The third kappa shape index (κ3) is 3.78. The molecule has 1 amide bonds. The highest BCUT2D eigenvalue weighted by atomic mass is 16.5. The first-order valence-corrected chi connectivity index (χ1v) is 10.2. The second-order valence-electron chi connectivity index (χ2n) is 7.74. The molecule has 0 aliphatic heterocycles. The summed E-state index contributed by atoms with van der Waals surface area (Å²) in [6.45, 7) is 1.75. The zero-order valence-electron chi connectivity index (χ0n) is 17.9. The van der Waals surface area contributed by atoms with Gasteiger partial charge in [0.1, 0.15) is 5.75 Å². The van der Waals surface area contributed by atoms with Gasteiger partial charge in [0.15, 0.2) is 0 Å². The van der Waals surface area contributed by atoms with Crippen LogP contribution in [0.4, 0.5) is 10.5 Å². The monoisotopic (exact) mass is 440 g/mol. The lowest BCUT2D eigenvalue weighted by molar-refractivity contribution is 0.203. The smallest absolute Gasteiger partial charge is 0.411 e. The molecule has 2 heterocycles. The third-order valence-electron chi connectivity index (χ3n) is 5.57. The van der Waals surface area contributed by atoms with E-state index >= 15 is 0 Å². The Morgan fingerprint density at radius 3 is 2.39 bits per heavy atom. The maximum absolute atomic E-state index is 11.2. The van der Waals surface area contributed by atoms with Crippen molar-refractivity contribution >= 4 is 22.7 Å². The summed E-state index contributed by atoms with van der Waals surface area (Å²) >= 11 is 0. The van der Waals surface area contributed by atoms with Crippen molar-refractivity contribution in [1.82, 2.24) is 15.1 Å². The molecule has 0 unspecified atom stereocenters. The van der Waals surface area contributed by atoms with Crippen molar-refractivity contribution in [2.45, 2.75) is 6.92 Å². The van der Waals surface area contributed by atoms with Crippen molar-refractivity contribution < 1.29 is 19.5 Å². The van der Waals surface area contributed by atoms with Crippen LogP contribution in [-0.4, -0.2) is 38.5 Å². The molecule has 164 valence electrons. The number of H-pyrrole nitrogens is 1. The van der Waals surface area contributed by atoms with Crippen LogP contribution >= 0.6 is 0 Å². The fourth-order valence-corrected chi connectivity index (χ4v) is 3.75. The lowest BCUT2D eigenvalue weighted by Crippen LogP contribution is -2.23. The van der Waals surface area contributed by atoms with Crippen LogP contribution in [0.1, 0.15) is 5.89 Å². The minimum Gasteiger partial charge on any atom is -0.507 e. The molecule has 0 bridgehead atoms. The van der Waals surface area contributed by atoms with Crippen molar-refractivity contribution in [1.29, 1.82) is 0 Å². The molecular formula is C25H20N4O4. The van der Waals surface area contributed by atoms with Crippen molar-refractivity contribution in [3.05, 3.63) is 72.6 Å². The summed E-state index contributed by atoms with van der Waals surface area (Å²) in [7, 11) is 1.50. The molecule has 0 saturated carbocycles. The van der Waals surface area contributed by atoms with Gasteiger partial charge in [-0.05, 0) is 59.7 Å². The fourth-order valence-electron chi connectivity index (χ4n) is 3.75. The van der Waals surface area contributed by atoms with E-state index in [1.54, 1.807) is 25.1 Å². The Bertz CT molecular complexity index is 1480. The third-order valence-corrected chi connectivity index (χ3v) is 5.57. The highest BCUT2D eigenvalue weighted by Gasteiger charge is 2.13. The van der Waals surface area contributed by atoms with E-state index < -0.39 is 6.09 Å². The number of aromatic hydroxyl groups is 1. The van der Waals surface area contributed by atoms with Gasteiger partial charge >= 0.3 is 6.09 Å². The highest BCUT2D eigenvalue weighted by molar-refractivity contribution is 5.91. The van der Waals surface area contributed by atoms with Crippen molar-refractivity contribution in [3.63, 3.8) is 0 Å². The number of aryl methyl sites for hydroxylation is 1. The molecule has 0 aliphatic carbocycles. The average molecular weight is 440 g/mol. The Morgan fingerprint density at radius 2 is 1.70 bits per heavy atom. The average Bonchev–Trinajstić information content (AvgIpc) is 3.44. The maximum Gasteiger partial charge on any atom is 0.411 e. The molecule has 0 saturated heterocycles. The summed E-state index contributed by atoms with van der Waals surface area (Å²) in [5.74, 6) is 1.18. The molecule has 8 nitrogen and oxygen atoms in total. The first kappa shape index (κ1) is 20.3. The number of phenolic OH excluding ortho intramolecular Hbond substituents is 1. The molecule has 8 heteroatoms. The molecule has 5 aromatic rings. The lowest BCUT2D eigenvalue weighted by atomic mass is 10.0. The van der Waals surface area contributed by atoms with E-state index in [0.717, 1.165) is 38.2 Å². The Morgan fingerprint density at radius 1 is 0.970 bits per heavy atom. The summed E-state index contributed by atoms with van der Waals surface area (Å²) in [6.07, 6.45) is -1.02. The summed E-state index contributed by atoms with van der Waals surface area (Å²) in [5.41, 5.74) is 5.57. The zero-order chi connectivity index (χ0) is 23.1. The predicted octanol–water partition coefficient (Wildman–Crippen LogP) is 5.68. The normalized spacial score (nSPS) is 11.1. The first-order chi connectivity index (χ1) is 15.9. The standard InChI is InChI=1S/C25H20N4O4/c1-14-26-24(28-33-14)17-5-9-21-18(11-17)13-22(27-21)20-12-16(6-10-23(20)30)15-3-7-19(8-4-15)29(2)25(31)32/h3-13,27,30H,1-2H3,(H,31,32). The number of rotatable bonds is 4. The van der Waals surface area contributed by atoms with Crippen LogP contribution < -0.4 is 4.90 Å². The van der Waals surface area contributed by atoms with E-state index in [0.29, 0.717) is 23.0 Å². The number of carbonyl (C=O) groups is 1. The van der Waals surface area contributed by atoms with Gasteiger partial charge in [-0.25, -0.2) is 4.79 Å². The molecule has 3 N–H and O–H groups in total. The Labute approximate surface area is 188 Å². The van der Waals surface area contributed by atoms with E-state index in [2.05, 4.69) is 15.1 Å². The minimum atomic E-state index is -1.02. The van der Waals surface area contributed by atoms with Crippen LogP contribution in [0.2, 0.25) is 0 Å². The summed E-state index contributed by atoms with van der Waals surface area (Å²) < 4.78 is 5.07. The maximum atomic E-state index is 11.2. The number of amides is 1. The fraction of sp³-hybridized carbons (Fsp3) is 0.0800. The van der Waals surface area contributed by atoms with Gasteiger partial charge in [-0.1, -0.05) is 23.4 Å². The van der Waals surface area contributed by atoms with E-state index in [1.807, 2.05) is 48.5 Å². The molecule has 0 atom stereocenters. The van der Waals surface area contributed by atoms with E-state index in [9.17, 15) is 9.90 Å². The number of carboxylic acid groups (broad SMARTS) is 1. The van der Waals surface area contributed by atoms with Crippen LogP contribution in [0, 0.1) is 6.92 Å². The molecule has 0 aliphatic rings. The number of nitrogens with zero attached hydrogens (tertiary/aromatic N) is 3. The van der Waals surface area contributed by atoms with Gasteiger partial charge in [0.05, 0.1) is 5.69 Å². The molecule has 0 radical (unpaired) electrons. The number of hydrogen-bond acceptors (Lipinski definition) is 5. The van der Waals surface area contributed by atoms with Crippen LogP contribution in [0.5, 0.6) is 5.75 Å². The van der Waals surface area contributed by atoms with E-state index in [-0.39, 0.29) is 5.75 Å². The number of aromatic amines is 1. The van der Waals surface area contributed by atoms with E-state index in [4.69, 9.17) is 9.63 Å². The first-order valence-electron chi connectivity index (χ1n) is 10.2. The van der Waals surface area contributed by atoms with Crippen LogP contribution in [0.25, 0.3) is 44.7 Å². The number of hydrogen-bond donors (Lipinski definition) is 3. The number of nitrogens with one attached hydrogen (secondary N) is 1. The number of benzene rings is 3. The lowest BCUT2D eigenvalue weighted by Gasteiger charge is -2.13. The SMILES string of the molecule is Cc1nc(-c2ccc3[nH]c(-c4cc(-c5ccc(N(C)C(=O)O)cc5)ccc4O)cc3c2)no1. The molecule has 3 aromatic carbocycles. The Hall–Kier alpha value is -4.59. The second-order valence-corrected chi connectivity index (χ2v) is 7.74. The number of fused-ring (bicyclic) bond motifs is 1. The molecular weight excluding hydrogens is 420 g/mol. The van der Waals surface area contributed by atoms with E-state index in [1.165, 1.54) is 7.05 Å². The van der Waals surface area contributed by atoms with Gasteiger partial charge in [-0.15, -0.1) is 0 Å². The van der Waals surface area contributed by atoms with Crippen LogP contribution in [0.3, 0.4) is 0 Å². The van der Waals surface area contributed by atoms with Crippen LogP contribution in [0.15, 0.2) is 71.3 Å². The Kier molecular flexibility index (Phi) is 4.82. The Balaban J connectivity index is 1.50. The van der Waals surface area contributed by atoms with Gasteiger partial charge < -0.3 is 19.7 Å². The van der Waals surface area contributed by atoms with Crippen molar-refractivity contribution in [2.75, 3.05) is 11.9 Å². The van der Waals surface area contributed by atoms with Gasteiger partial charge in [0.25, 0.3) is 0 Å². The topological polar surface area (TPSA) is 115 Å². The highest BCUT2D eigenvalue weighted by Crippen LogP contribution is 2.36. The summed E-state index contributed by atoms with van der Waals surface area (Å²) in [6, 6.07) is 20.4. The van der Waals surface area contributed by atoms with Gasteiger partial charge in [-0.3, -0.25) is 4.90 Å². The van der Waals surface area contributed by atoms with Gasteiger partial charge in [0, 0.05) is 41.7 Å². The molecule has 5 rings (SSSR count). The van der Waals surface area contributed by atoms with Crippen molar-refractivity contribution in [2.24, 2.45) is 0 Å². The molecule has 33 heavy (non-hydrogen) atoms. The second kappa shape index (κ2) is 7.83. The summed E-state index contributed by atoms with van der Waals surface area (Å²) in [4.78, 5) is 19.9. The molecule has 2 aromatic heterocycles. The number of phenols is 1. The van der Waals surface area contributed by atoms with Gasteiger partial charge in [-0.2, -0.15) is 4.98 Å². The predicted molar refractivity (Wildman–Crippen MR) is 125 cm³/mol. The minimum absolute atomic E-state index is 0.154. The zero-order valence-corrected chi connectivity index (χ0v) is 17.9. The quantitative estimate of drug-likeness (QED) is 0.331. The molecule has 0 fully saturated rings. The largest absolute Gasteiger partial charge is 0.507 e. The van der Waals surface area contributed by atoms with Gasteiger partial charge in [0.2, 0.25) is 11.7 Å².